The first kappa shape index (κ1) is 22.2. The highest BCUT2D eigenvalue weighted by Gasteiger charge is 2.41. The summed E-state index contributed by atoms with van der Waals surface area (Å²) in [5.41, 5.74) is 2.09. The fourth-order valence-electron chi connectivity index (χ4n) is 3.55. The second kappa shape index (κ2) is 9.99. The van der Waals surface area contributed by atoms with E-state index in [1.165, 1.54) is 11.8 Å². The predicted octanol–water partition coefficient (Wildman–Crippen LogP) is 2.23. The van der Waals surface area contributed by atoms with Crippen LogP contribution in [0.1, 0.15) is 25.8 Å². The number of likely N-dealkylation sites (tertiary alicyclic amines) is 1. The average Bonchev–Trinajstić information content (AvgIpc) is 3.02. The maximum atomic E-state index is 12.9. The van der Waals surface area contributed by atoms with Crippen LogP contribution >= 0.6 is 0 Å². The van der Waals surface area contributed by atoms with E-state index < -0.39 is 6.04 Å². The third-order valence-electron chi connectivity index (χ3n) is 5.09. The molecule has 2 N–H and O–H groups in total. The Balaban J connectivity index is 1.60. The molecule has 0 unspecified atom stereocenters. The van der Waals surface area contributed by atoms with Crippen LogP contribution in [-0.4, -0.2) is 52.6 Å². The number of hydrogen-bond acceptors (Lipinski definition) is 5. The van der Waals surface area contributed by atoms with Crippen LogP contribution in [0.3, 0.4) is 0 Å². The molecule has 4 amide bonds. The smallest absolute Gasteiger partial charge is 0.247 e. The fraction of sp³-hybridized carbons (Fsp3) is 0.304. The van der Waals surface area contributed by atoms with Gasteiger partial charge in [-0.15, -0.1) is 0 Å². The van der Waals surface area contributed by atoms with Crippen LogP contribution in [0.25, 0.3) is 0 Å². The average molecular weight is 422 g/mol. The van der Waals surface area contributed by atoms with Gasteiger partial charge in [-0.25, -0.2) is 0 Å². The Morgan fingerprint density at radius 3 is 2.19 bits per heavy atom. The van der Waals surface area contributed by atoms with Crippen LogP contribution in [0.15, 0.2) is 54.6 Å². The van der Waals surface area contributed by atoms with Crippen LogP contribution < -0.4 is 10.6 Å². The molecule has 0 saturated carbocycles. The number of imide groups is 1. The molecule has 2 aromatic rings. The summed E-state index contributed by atoms with van der Waals surface area (Å²) in [7, 11) is 0. The van der Waals surface area contributed by atoms with Gasteiger partial charge in [0.15, 0.2) is 0 Å². The molecule has 1 aliphatic heterocycles. The first-order chi connectivity index (χ1) is 14.9. The van der Waals surface area contributed by atoms with E-state index in [0.29, 0.717) is 17.9 Å². The summed E-state index contributed by atoms with van der Waals surface area (Å²) >= 11 is 0. The zero-order valence-corrected chi connectivity index (χ0v) is 17.6. The van der Waals surface area contributed by atoms with Gasteiger partial charge in [-0.3, -0.25) is 29.0 Å². The van der Waals surface area contributed by atoms with Gasteiger partial charge >= 0.3 is 0 Å². The Labute approximate surface area is 181 Å². The molecule has 1 aliphatic rings. The van der Waals surface area contributed by atoms with Crippen LogP contribution in [-0.2, 0) is 25.7 Å². The molecule has 2 aromatic carbocycles. The highest BCUT2D eigenvalue weighted by Crippen LogP contribution is 2.21. The molecule has 0 aliphatic carbocycles. The monoisotopic (exact) mass is 422 g/mol. The molecule has 0 radical (unpaired) electrons. The maximum Gasteiger partial charge on any atom is 0.247 e. The van der Waals surface area contributed by atoms with E-state index in [1.54, 1.807) is 29.2 Å². The quantitative estimate of drug-likeness (QED) is 0.636. The number of carbonyl (C=O) groups excluding carboxylic acids is 4. The minimum absolute atomic E-state index is 0.00713. The molecule has 0 bridgehead atoms. The minimum Gasteiger partial charge on any atom is -0.326 e. The Bertz CT molecular complexity index is 959. The van der Waals surface area contributed by atoms with E-state index in [4.69, 9.17) is 0 Å². The van der Waals surface area contributed by atoms with E-state index in [-0.39, 0.29) is 43.1 Å². The highest BCUT2D eigenvalue weighted by molar-refractivity contribution is 6.05. The summed E-state index contributed by atoms with van der Waals surface area (Å²) in [6.45, 7) is 3.96. The predicted molar refractivity (Wildman–Crippen MR) is 117 cm³/mol. The number of benzene rings is 2. The summed E-state index contributed by atoms with van der Waals surface area (Å²) < 4.78 is 0. The number of rotatable bonds is 8. The van der Waals surface area contributed by atoms with Crippen molar-refractivity contribution in [3.63, 3.8) is 0 Å². The van der Waals surface area contributed by atoms with Crippen LogP contribution in [0, 0.1) is 0 Å². The highest BCUT2D eigenvalue weighted by atomic mass is 16.2. The molecule has 3 rings (SSSR count). The standard InChI is InChI=1S/C23H26N4O4/c1-3-26(15-21(29)25-19-11-9-18(10-12-19)24-16(2)28)20-13-22(30)27(23(20)31)14-17-7-5-4-6-8-17/h4-12,20H,3,13-15H2,1-2H3,(H,24,28)(H,25,29)/t20-/m1/s1. The van der Waals surface area contributed by atoms with E-state index in [1.807, 2.05) is 37.3 Å². The lowest BCUT2D eigenvalue weighted by atomic mass is 10.2. The Morgan fingerprint density at radius 1 is 1.00 bits per heavy atom. The molecule has 1 fully saturated rings. The zero-order valence-electron chi connectivity index (χ0n) is 17.6. The molecule has 1 atom stereocenters. The Hall–Kier alpha value is -3.52. The molecule has 1 heterocycles. The van der Waals surface area contributed by atoms with E-state index >= 15 is 0 Å². The summed E-state index contributed by atoms with van der Waals surface area (Å²) in [6, 6.07) is 15.5. The summed E-state index contributed by atoms with van der Waals surface area (Å²) in [6.07, 6.45) is 0.0677. The second-order valence-corrected chi connectivity index (χ2v) is 7.39. The topological polar surface area (TPSA) is 98.8 Å². The van der Waals surface area contributed by atoms with Crippen LogP contribution in [0.2, 0.25) is 0 Å². The van der Waals surface area contributed by atoms with Crippen molar-refractivity contribution in [2.75, 3.05) is 23.7 Å². The van der Waals surface area contributed by atoms with Crippen LogP contribution in [0.5, 0.6) is 0 Å². The number of likely N-dealkylation sites (N-methyl/N-ethyl adjacent to an activating group) is 1. The van der Waals surface area contributed by atoms with Gasteiger partial charge in [0, 0.05) is 18.3 Å². The SMILES string of the molecule is CCN(CC(=O)Nc1ccc(NC(C)=O)cc1)[C@@H]1CC(=O)N(Cc2ccccc2)C1=O. The Kier molecular flexibility index (Phi) is 7.15. The molecule has 8 heteroatoms. The van der Waals surface area contributed by atoms with E-state index in [9.17, 15) is 19.2 Å². The van der Waals surface area contributed by atoms with Gasteiger partial charge in [-0.1, -0.05) is 37.3 Å². The third-order valence-corrected chi connectivity index (χ3v) is 5.09. The first-order valence-electron chi connectivity index (χ1n) is 10.2. The first-order valence-corrected chi connectivity index (χ1v) is 10.2. The molecule has 8 nitrogen and oxygen atoms in total. The zero-order chi connectivity index (χ0) is 22.4. The van der Waals surface area contributed by atoms with Crippen LogP contribution in [0.4, 0.5) is 11.4 Å². The normalized spacial score (nSPS) is 16.0. The van der Waals surface area contributed by atoms with Crippen molar-refractivity contribution in [3.8, 4) is 0 Å². The lowest BCUT2D eigenvalue weighted by molar-refractivity contribution is -0.140. The lowest BCUT2D eigenvalue weighted by Crippen LogP contribution is -2.45. The van der Waals surface area contributed by atoms with Crippen molar-refractivity contribution >= 4 is 35.0 Å². The number of anilines is 2. The van der Waals surface area contributed by atoms with Crippen molar-refractivity contribution < 1.29 is 19.2 Å². The van der Waals surface area contributed by atoms with E-state index in [2.05, 4.69) is 10.6 Å². The maximum absolute atomic E-state index is 12.9. The van der Waals surface area contributed by atoms with Gasteiger partial charge in [0.2, 0.25) is 23.6 Å². The van der Waals surface area contributed by atoms with Gasteiger partial charge < -0.3 is 10.6 Å². The molecular weight excluding hydrogens is 396 g/mol. The molecule has 0 spiro atoms. The van der Waals surface area contributed by atoms with E-state index in [0.717, 1.165) is 5.56 Å². The molecule has 162 valence electrons. The number of amides is 4. The summed E-state index contributed by atoms with van der Waals surface area (Å²) in [5.74, 6) is -0.960. The van der Waals surface area contributed by atoms with Gasteiger partial charge in [-0.2, -0.15) is 0 Å². The molecule has 1 saturated heterocycles. The third kappa shape index (κ3) is 5.76. The summed E-state index contributed by atoms with van der Waals surface area (Å²) in [5, 5.41) is 5.44. The number of nitrogens with zero attached hydrogens (tertiary/aromatic N) is 2. The number of carbonyl (C=O) groups is 4. The fourth-order valence-corrected chi connectivity index (χ4v) is 3.55. The molecular formula is C23H26N4O4. The molecule has 31 heavy (non-hydrogen) atoms. The Morgan fingerprint density at radius 2 is 1.61 bits per heavy atom. The summed E-state index contributed by atoms with van der Waals surface area (Å²) in [4.78, 5) is 51.9. The van der Waals surface area contributed by atoms with Gasteiger partial charge in [-0.05, 0) is 36.4 Å². The molecule has 0 aromatic heterocycles. The van der Waals surface area contributed by atoms with Crippen molar-refractivity contribution in [1.82, 2.24) is 9.80 Å². The van der Waals surface area contributed by atoms with Gasteiger partial charge in [0.05, 0.1) is 25.6 Å². The lowest BCUT2D eigenvalue weighted by Gasteiger charge is -2.25. The number of hydrogen-bond donors (Lipinski definition) is 2. The van der Waals surface area contributed by atoms with Crippen molar-refractivity contribution in [3.05, 3.63) is 60.2 Å². The van der Waals surface area contributed by atoms with Crippen molar-refractivity contribution in [2.24, 2.45) is 0 Å². The largest absolute Gasteiger partial charge is 0.326 e. The van der Waals surface area contributed by atoms with Crippen molar-refractivity contribution in [1.29, 1.82) is 0 Å². The van der Waals surface area contributed by atoms with Gasteiger partial charge in [0.1, 0.15) is 0 Å². The van der Waals surface area contributed by atoms with Crippen molar-refractivity contribution in [2.45, 2.75) is 32.9 Å². The number of nitrogens with one attached hydrogen (secondary N) is 2. The second-order valence-electron chi connectivity index (χ2n) is 7.39. The van der Waals surface area contributed by atoms with Gasteiger partial charge in [0.25, 0.3) is 0 Å². The minimum atomic E-state index is -0.644.